The van der Waals surface area contributed by atoms with Crippen LogP contribution in [0.15, 0.2) is 22.7 Å². The SMILES string of the molecule is CCN(CC)C(C)(CC)C(=O)Cc1cccc(F)c1Br. The molecule has 0 heterocycles. The van der Waals surface area contributed by atoms with E-state index >= 15 is 0 Å². The molecule has 1 unspecified atom stereocenters. The number of carbonyl (C=O) groups excluding carboxylic acids is 1. The molecule has 1 atom stereocenters. The minimum atomic E-state index is -0.491. The van der Waals surface area contributed by atoms with Crippen molar-refractivity contribution in [1.82, 2.24) is 4.90 Å². The van der Waals surface area contributed by atoms with E-state index in [9.17, 15) is 9.18 Å². The molecule has 0 fully saturated rings. The van der Waals surface area contributed by atoms with Crippen molar-refractivity contribution in [2.45, 2.75) is 46.1 Å². The van der Waals surface area contributed by atoms with Gasteiger partial charge in [-0.05, 0) is 54.0 Å². The summed E-state index contributed by atoms with van der Waals surface area (Å²) in [5, 5.41) is 0. The molecular weight excluding hydrogens is 321 g/mol. The summed E-state index contributed by atoms with van der Waals surface area (Å²) in [5.41, 5.74) is 0.219. The maximum absolute atomic E-state index is 13.5. The molecule has 112 valence electrons. The molecule has 0 aliphatic heterocycles. The second-order valence-electron chi connectivity index (χ2n) is 5.11. The van der Waals surface area contributed by atoms with E-state index in [2.05, 4.69) is 34.7 Å². The van der Waals surface area contributed by atoms with Crippen molar-refractivity contribution in [3.63, 3.8) is 0 Å². The fourth-order valence-corrected chi connectivity index (χ4v) is 2.97. The number of Topliss-reactive ketones (excluding diaryl/α,β-unsaturated/α-hetero) is 1. The number of halogens is 2. The van der Waals surface area contributed by atoms with Gasteiger partial charge in [-0.2, -0.15) is 0 Å². The van der Waals surface area contributed by atoms with Crippen LogP contribution < -0.4 is 0 Å². The van der Waals surface area contributed by atoms with Gasteiger partial charge in [0.15, 0.2) is 5.78 Å². The third-order valence-electron chi connectivity index (χ3n) is 4.13. The molecule has 1 rings (SSSR count). The molecule has 0 aliphatic carbocycles. The van der Waals surface area contributed by atoms with Gasteiger partial charge in [0.25, 0.3) is 0 Å². The minimum Gasteiger partial charge on any atom is -0.297 e. The molecule has 0 radical (unpaired) electrons. The number of hydrogen-bond donors (Lipinski definition) is 0. The van der Waals surface area contributed by atoms with Crippen LogP contribution in [0.5, 0.6) is 0 Å². The molecule has 1 aromatic rings. The van der Waals surface area contributed by atoms with Crippen molar-refractivity contribution in [2.75, 3.05) is 13.1 Å². The van der Waals surface area contributed by atoms with E-state index in [0.29, 0.717) is 10.0 Å². The Morgan fingerprint density at radius 1 is 1.30 bits per heavy atom. The normalized spacial score (nSPS) is 14.3. The highest BCUT2D eigenvalue weighted by Crippen LogP contribution is 2.26. The van der Waals surface area contributed by atoms with E-state index in [4.69, 9.17) is 0 Å². The zero-order valence-electron chi connectivity index (χ0n) is 12.7. The Morgan fingerprint density at radius 3 is 2.40 bits per heavy atom. The van der Waals surface area contributed by atoms with E-state index in [1.807, 2.05) is 13.8 Å². The van der Waals surface area contributed by atoms with Gasteiger partial charge in [0.1, 0.15) is 5.82 Å². The third kappa shape index (κ3) is 3.47. The van der Waals surface area contributed by atoms with Crippen LogP contribution in [-0.2, 0) is 11.2 Å². The number of ketones is 1. The molecule has 2 nitrogen and oxygen atoms in total. The maximum atomic E-state index is 13.5. The van der Waals surface area contributed by atoms with Gasteiger partial charge in [-0.25, -0.2) is 4.39 Å². The Kier molecular flexibility index (Phi) is 6.34. The number of benzene rings is 1. The third-order valence-corrected chi connectivity index (χ3v) is 5.02. The molecule has 20 heavy (non-hydrogen) atoms. The van der Waals surface area contributed by atoms with Gasteiger partial charge in [-0.15, -0.1) is 0 Å². The number of nitrogens with zero attached hydrogens (tertiary/aromatic N) is 1. The highest BCUT2D eigenvalue weighted by Gasteiger charge is 2.35. The summed E-state index contributed by atoms with van der Waals surface area (Å²) in [6.07, 6.45) is 1.000. The summed E-state index contributed by atoms with van der Waals surface area (Å²) >= 11 is 3.23. The van der Waals surface area contributed by atoms with Crippen molar-refractivity contribution in [1.29, 1.82) is 0 Å². The van der Waals surface area contributed by atoms with Gasteiger partial charge >= 0.3 is 0 Å². The quantitative estimate of drug-likeness (QED) is 0.739. The van der Waals surface area contributed by atoms with Crippen LogP contribution in [0.1, 0.15) is 39.7 Å². The summed E-state index contributed by atoms with van der Waals surface area (Å²) in [4.78, 5) is 14.9. The van der Waals surface area contributed by atoms with Gasteiger partial charge < -0.3 is 0 Å². The molecule has 0 amide bonds. The molecule has 0 aliphatic rings. The molecule has 0 aromatic heterocycles. The first-order valence-electron chi connectivity index (χ1n) is 7.11. The Labute approximate surface area is 129 Å². The van der Waals surface area contributed by atoms with E-state index in [0.717, 1.165) is 19.5 Å². The number of likely N-dealkylation sites (N-methyl/N-ethyl adjacent to an activating group) is 1. The van der Waals surface area contributed by atoms with Gasteiger partial charge in [-0.1, -0.05) is 32.9 Å². The van der Waals surface area contributed by atoms with Crippen LogP contribution >= 0.6 is 15.9 Å². The van der Waals surface area contributed by atoms with Crippen LogP contribution in [0.3, 0.4) is 0 Å². The Morgan fingerprint density at radius 2 is 1.90 bits per heavy atom. The molecule has 1 aromatic carbocycles. The molecule has 0 bridgehead atoms. The summed E-state index contributed by atoms with van der Waals surface area (Å²) < 4.78 is 13.9. The smallest absolute Gasteiger partial charge is 0.157 e. The molecule has 0 saturated heterocycles. The zero-order chi connectivity index (χ0) is 15.3. The fraction of sp³-hybridized carbons (Fsp3) is 0.562. The van der Waals surface area contributed by atoms with Crippen LogP contribution in [-0.4, -0.2) is 29.3 Å². The van der Waals surface area contributed by atoms with Crippen molar-refractivity contribution in [3.05, 3.63) is 34.1 Å². The highest BCUT2D eigenvalue weighted by atomic mass is 79.9. The van der Waals surface area contributed by atoms with Gasteiger partial charge in [0.2, 0.25) is 0 Å². The highest BCUT2D eigenvalue weighted by molar-refractivity contribution is 9.10. The second-order valence-corrected chi connectivity index (χ2v) is 5.91. The standard InChI is InChI=1S/C16H23BrFNO/c1-5-16(4,19(6-2)7-3)14(20)11-12-9-8-10-13(18)15(12)17/h8-10H,5-7,11H2,1-4H3. The lowest BCUT2D eigenvalue weighted by Crippen LogP contribution is -2.52. The number of carbonyl (C=O) groups is 1. The van der Waals surface area contributed by atoms with Gasteiger partial charge in [0.05, 0.1) is 10.0 Å². The molecular formula is C16H23BrFNO. The minimum absolute atomic E-state index is 0.134. The first-order valence-corrected chi connectivity index (χ1v) is 7.91. The van der Waals surface area contributed by atoms with E-state index in [-0.39, 0.29) is 18.0 Å². The topological polar surface area (TPSA) is 20.3 Å². The van der Waals surface area contributed by atoms with Gasteiger partial charge in [-0.3, -0.25) is 9.69 Å². The van der Waals surface area contributed by atoms with Crippen LogP contribution in [0.4, 0.5) is 4.39 Å². The van der Waals surface area contributed by atoms with Crippen LogP contribution in [0.25, 0.3) is 0 Å². The Balaban J connectivity index is 3.01. The zero-order valence-corrected chi connectivity index (χ0v) is 14.3. The maximum Gasteiger partial charge on any atom is 0.157 e. The summed E-state index contributed by atoms with van der Waals surface area (Å²) in [6.45, 7) is 9.78. The van der Waals surface area contributed by atoms with Crippen molar-refractivity contribution < 1.29 is 9.18 Å². The lowest BCUT2D eigenvalue weighted by molar-refractivity contribution is -0.129. The first kappa shape index (κ1) is 17.3. The van der Waals surface area contributed by atoms with E-state index < -0.39 is 5.54 Å². The molecule has 0 spiro atoms. The van der Waals surface area contributed by atoms with Gasteiger partial charge in [0, 0.05) is 6.42 Å². The largest absolute Gasteiger partial charge is 0.297 e. The molecule has 0 N–H and O–H groups in total. The van der Waals surface area contributed by atoms with Crippen LogP contribution in [0.2, 0.25) is 0 Å². The average molecular weight is 344 g/mol. The monoisotopic (exact) mass is 343 g/mol. The Hall–Kier alpha value is -0.740. The fourth-order valence-electron chi connectivity index (χ4n) is 2.57. The van der Waals surface area contributed by atoms with E-state index in [1.54, 1.807) is 12.1 Å². The number of hydrogen-bond acceptors (Lipinski definition) is 2. The number of rotatable bonds is 7. The Bertz CT molecular complexity index is 474. The first-order chi connectivity index (χ1) is 9.40. The summed E-state index contributed by atoms with van der Waals surface area (Å²) in [5.74, 6) is -0.189. The lowest BCUT2D eigenvalue weighted by Gasteiger charge is -2.38. The lowest BCUT2D eigenvalue weighted by atomic mass is 9.87. The van der Waals surface area contributed by atoms with E-state index in [1.165, 1.54) is 6.07 Å². The average Bonchev–Trinajstić information content (AvgIpc) is 2.44. The van der Waals surface area contributed by atoms with Crippen molar-refractivity contribution >= 4 is 21.7 Å². The molecule has 4 heteroatoms. The summed E-state index contributed by atoms with van der Waals surface area (Å²) in [6, 6.07) is 4.83. The van der Waals surface area contributed by atoms with Crippen LogP contribution in [0, 0.1) is 5.82 Å². The predicted octanol–water partition coefficient (Wildman–Crippen LogP) is 4.21. The van der Waals surface area contributed by atoms with Crippen molar-refractivity contribution in [3.8, 4) is 0 Å². The molecule has 0 saturated carbocycles. The summed E-state index contributed by atoms with van der Waals surface area (Å²) in [7, 11) is 0. The second kappa shape index (κ2) is 7.32. The predicted molar refractivity (Wildman–Crippen MR) is 84.4 cm³/mol. The van der Waals surface area contributed by atoms with Crippen molar-refractivity contribution in [2.24, 2.45) is 0 Å².